The third-order valence-electron chi connectivity index (χ3n) is 5.03. The fourth-order valence-corrected chi connectivity index (χ4v) is 4.88. The average Bonchev–Trinajstić information content (AvgIpc) is 3.10. The van der Waals surface area contributed by atoms with Crippen LogP contribution in [-0.4, -0.2) is 39.1 Å². The van der Waals surface area contributed by atoms with E-state index in [0.717, 1.165) is 11.1 Å². The molecule has 1 saturated heterocycles. The molecule has 2 amide bonds. The first kappa shape index (κ1) is 22.5. The summed E-state index contributed by atoms with van der Waals surface area (Å²) in [5.41, 5.74) is 7.50. The van der Waals surface area contributed by atoms with Crippen LogP contribution in [-0.2, 0) is 26.0 Å². The smallest absolute Gasteiger partial charge is 0.244 e. The normalized spacial score (nSPS) is 16.4. The molecule has 0 spiro atoms. The van der Waals surface area contributed by atoms with Crippen molar-refractivity contribution in [2.45, 2.75) is 12.8 Å². The van der Waals surface area contributed by atoms with Crippen LogP contribution in [0.3, 0.4) is 0 Å². The van der Waals surface area contributed by atoms with Gasteiger partial charge in [0.2, 0.25) is 21.8 Å². The Labute approximate surface area is 180 Å². The number of sulfonamides is 1. The van der Waals surface area contributed by atoms with Crippen molar-refractivity contribution in [3.63, 3.8) is 0 Å². The molecular formula is C22H24FN3O4S. The molecule has 2 aromatic carbocycles. The molecule has 1 aliphatic rings. The van der Waals surface area contributed by atoms with Crippen molar-refractivity contribution in [3.05, 3.63) is 71.6 Å². The highest BCUT2D eigenvalue weighted by atomic mass is 32.2. The zero-order valence-electron chi connectivity index (χ0n) is 16.8. The van der Waals surface area contributed by atoms with Gasteiger partial charge >= 0.3 is 0 Å². The second kappa shape index (κ2) is 9.74. The van der Waals surface area contributed by atoms with Gasteiger partial charge in [-0.3, -0.25) is 13.9 Å². The summed E-state index contributed by atoms with van der Waals surface area (Å²) >= 11 is 0. The second-order valence-electron chi connectivity index (χ2n) is 7.34. The quantitative estimate of drug-likeness (QED) is 0.604. The van der Waals surface area contributed by atoms with Crippen molar-refractivity contribution in [2.75, 3.05) is 23.1 Å². The van der Waals surface area contributed by atoms with E-state index in [9.17, 15) is 22.4 Å². The van der Waals surface area contributed by atoms with Crippen LogP contribution in [0.2, 0.25) is 0 Å². The van der Waals surface area contributed by atoms with Crippen molar-refractivity contribution in [3.8, 4) is 0 Å². The van der Waals surface area contributed by atoms with Crippen LogP contribution in [0.1, 0.15) is 17.5 Å². The van der Waals surface area contributed by atoms with E-state index in [2.05, 4.69) is 5.32 Å². The lowest BCUT2D eigenvalue weighted by Gasteiger charge is -2.16. The first-order valence-electron chi connectivity index (χ1n) is 9.85. The van der Waals surface area contributed by atoms with Crippen LogP contribution in [0.15, 0.2) is 54.6 Å². The number of hydrogen-bond donors (Lipinski definition) is 2. The van der Waals surface area contributed by atoms with Gasteiger partial charge in [-0.1, -0.05) is 24.3 Å². The molecule has 0 aromatic heterocycles. The first-order valence-corrected chi connectivity index (χ1v) is 11.5. The minimum Gasteiger partial charge on any atom is -0.369 e. The molecule has 0 aliphatic carbocycles. The number of anilines is 1. The zero-order valence-corrected chi connectivity index (χ0v) is 17.6. The number of hydrogen-bond acceptors (Lipinski definition) is 4. The fourth-order valence-electron chi connectivity index (χ4n) is 3.31. The molecule has 3 N–H and O–H groups in total. The molecule has 0 radical (unpaired) electrons. The predicted molar refractivity (Wildman–Crippen MR) is 117 cm³/mol. The molecule has 3 rings (SSSR count). The Balaban J connectivity index is 1.54. The number of amides is 2. The van der Waals surface area contributed by atoms with Crippen LogP contribution in [0, 0.1) is 11.7 Å². The third-order valence-corrected chi connectivity index (χ3v) is 6.90. The van der Waals surface area contributed by atoms with Gasteiger partial charge in [0.25, 0.3) is 0 Å². The monoisotopic (exact) mass is 445 g/mol. The molecule has 1 unspecified atom stereocenters. The van der Waals surface area contributed by atoms with Crippen molar-refractivity contribution in [1.29, 1.82) is 0 Å². The number of primary amides is 1. The average molecular weight is 446 g/mol. The number of nitrogens with one attached hydrogen (secondary N) is 1. The summed E-state index contributed by atoms with van der Waals surface area (Å²) in [5, 5.41) is 2.64. The highest BCUT2D eigenvalue weighted by molar-refractivity contribution is 7.93. The fraction of sp³-hybridized carbons (Fsp3) is 0.273. The number of benzene rings is 2. The van der Waals surface area contributed by atoms with Crippen molar-refractivity contribution >= 4 is 33.6 Å². The van der Waals surface area contributed by atoms with Gasteiger partial charge in [0.05, 0.1) is 17.4 Å². The number of halogens is 1. The molecule has 0 saturated carbocycles. The Morgan fingerprint density at radius 1 is 1.13 bits per heavy atom. The van der Waals surface area contributed by atoms with Crippen LogP contribution in [0.25, 0.3) is 6.08 Å². The highest BCUT2D eigenvalue weighted by Crippen LogP contribution is 2.24. The van der Waals surface area contributed by atoms with Gasteiger partial charge in [0, 0.05) is 19.2 Å². The molecule has 2 aromatic rings. The molecule has 9 heteroatoms. The Morgan fingerprint density at radius 2 is 1.81 bits per heavy atom. The minimum absolute atomic E-state index is 0.0572. The first-order chi connectivity index (χ1) is 14.7. The van der Waals surface area contributed by atoms with Gasteiger partial charge in [-0.05, 0) is 54.3 Å². The lowest BCUT2D eigenvalue weighted by Crippen LogP contribution is -2.36. The molecular weight excluding hydrogens is 421 g/mol. The lowest BCUT2D eigenvalue weighted by atomic mass is 9.98. The number of carbonyl (C=O) groups is 2. The Morgan fingerprint density at radius 3 is 2.39 bits per heavy atom. The Kier molecular flexibility index (Phi) is 7.06. The molecule has 1 fully saturated rings. The van der Waals surface area contributed by atoms with E-state index in [1.807, 2.05) is 0 Å². The summed E-state index contributed by atoms with van der Waals surface area (Å²) in [6.07, 6.45) is 3.83. The number of nitrogens with zero attached hydrogens (tertiary/aromatic N) is 1. The maximum Gasteiger partial charge on any atom is 0.244 e. The van der Waals surface area contributed by atoms with E-state index in [1.165, 1.54) is 22.5 Å². The van der Waals surface area contributed by atoms with E-state index in [-0.39, 0.29) is 18.1 Å². The Hall–Kier alpha value is -3.20. The summed E-state index contributed by atoms with van der Waals surface area (Å²) < 4.78 is 38.4. The standard InChI is InChI=1S/C22H24FN3O4S/c23-19-7-2-17(3-8-19)14-18(22(24)28)15-25-21(27)11-6-16-4-9-20(10-5-16)26-12-1-13-31(26,29)30/h2-11,18H,1,12-15H2,(H2,24,28)(H,25,27)/b11-6+. The molecule has 0 bridgehead atoms. The third kappa shape index (κ3) is 6.14. The van der Waals surface area contributed by atoms with Crippen molar-refractivity contribution < 1.29 is 22.4 Å². The van der Waals surface area contributed by atoms with Gasteiger partial charge in [-0.15, -0.1) is 0 Å². The summed E-state index contributed by atoms with van der Waals surface area (Å²) in [6, 6.07) is 12.6. The van der Waals surface area contributed by atoms with Gasteiger partial charge in [0.15, 0.2) is 0 Å². The lowest BCUT2D eigenvalue weighted by molar-refractivity contribution is -0.122. The number of rotatable bonds is 8. The number of carbonyl (C=O) groups excluding carboxylic acids is 2. The highest BCUT2D eigenvalue weighted by Gasteiger charge is 2.28. The minimum atomic E-state index is -3.23. The maximum atomic E-state index is 13.0. The Bertz CT molecular complexity index is 1070. The van der Waals surface area contributed by atoms with Crippen molar-refractivity contribution in [1.82, 2.24) is 5.32 Å². The molecule has 31 heavy (non-hydrogen) atoms. The topological polar surface area (TPSA) is 110 Å². The van der Waals surface area contributed by atoms with E-state index in [4.69, 9.17) is 5.73 Å². The number of nitrogens with two attached hydrogens (primary N) is 1. The summed E-state index contributed by atoms with van der Waals surface area (Å²) in [6.45, 7) is 0.528. The van der Waals surface area contributed by atoms with Crippen LogP contribution in [0.5, 0.6) is 0 Å². The SMILES string of the molecule is NC(=O)C(CNC(=O)/C=C/c1ccc(N2CCCS2(=O)=O)cc1)Cc1ccc(F)cc1. The largest absolute Gasteiger partial charge is 0.369 e. The van der Waals surface area contributed by atoms with Crippen LogP contribution < -0.4 is 15.4 Å². The van der Waals surface area contributed by atoms with E-state index < -0.39 is 27.8 Å². The van der Waals surface area contributed by atoms with Crippen LogP contribution in [0.4, 0.5) is 10.1 Å². The molecule has 1 atom stereocenters. The van der Waals surface area contributed by atoms with E-state index >= 15 is 0 Å². The van der Waals surface area contributed by atoms with E-state index in [0.29, 0.717) is 25.1 Å². The zero-order chi connectivity index (χ0) is 22.4. The molecule has 164 valence electrons. The molecule has 7 nitrogen and oxygen atoms in total. The van der Waals surface area contributed by atoms with Crippen molar-refractivity contribution in [2.24, 2.45) is 11.7 Å². The molecule has 1 heterocycles. The van der Waals surface area contributed by atoms with Gasteiger partial charge in [-0.2, -0.15) is 0 Å². The van der Waals surface area contributed by atoms with E-state index in [1.54, 1.807) is 42.5 Å². The van der Waals surface area contributed by atoms with Gasteiger partial charge < -0.3 is 11.1 Å². The van der Waals surface area contributed by atoms with Gasteiger partial charge in [0.1, 0.15) is 5.82 Å². The summed E-state index contributed by atoms with van der Waals surface area (Å²) in [7, 11) is -3.23. The predicted octanol–water partition coefficient (Wildman–Crippen LogP) is 1.84. The van der Waals surface area contributed by atoms with Gasteiger partial charge in [-0.25, -0.2) is 12.8 Å². The second-order valence-corrected chi connectivity index (χ2v) is 9.35. The summed E-state index contributed by atoms with van der Waals surface area (Å²) in [4.78, 5) is 23.8. The molecule has 1 aliphatic heterocycles. The van der Waals surface area contributed by atoms with Crippen LogP contribution >= 0.6 is 0 Å². The maximum absolute atomic E-state index is 13.0. The summed E-state index contributed by atoms with van der Waals surface area (Å²) in [5.74, 6) is -1.78.